The van der Waals surface area contributed by atoms with Crippen molar-refractivity contribution < 1.29 is 9.47 Å². The number of hydrogen-bond acceptors (Lipinski definition) is 4. The number of ether oxygens (including phenoxy) is 2. The Morgan fingerprint density at radius 2 is 2.04 bits per heavy atom. The van der Waals surface area contributed by atoms with E-state index >= 15 is 0 Å². The molecule has 2 aromatic rings. The van der Waals surface area contributed by atoms with Gasteiger partial charge in [0.15, 0.2) is 17.5 Å². The van der Waals surface area contributed by atoms with Crippen LogP contribution in [0, 0.1) is 0 Å². The molecular formula is C16H19BrIN3O2S. The fourth-order valence-corrected chi connectivity index (χ4v) is 3.59. The molecule has 0 radical (unpaired) electrons. The minimum absolute atomic E-state index is 0. The van der Waals surface area contributed by atoms with Crippen molar-refractivity contribution in [2.75, 3.05) is 13.3 Å². The Kier molecular flexibility index (Phi) is 7.63. The van der Waals surface area contributed by atoms with Gasteiger partial charge in [-0.15, -0.1) is 35.3 Å². The van der Waals surface area contributed by atoms with Gasteiger partial charge in [-0.25, -0.2) is 4.99 Å². The Bertz CT molecular complexity index is 708. The number of benzene rings is 1. The van der Waals surface area contributed by atoms with E-state index in [9.17, 15) is 0 Å². The molecular weight excluding hydrogens is 505 g/mol. The Morgan fingerprint density at radius 1 is 1.21 bits per heavy atom. The number of hydrogen-bond donors (Lipinski definition) is 2. The van der Waals surface area contributed by atoms with E-state index in [0.717, 1.165) is 39.9 Å². The third-order valence-corrected chi connectivity index (χ3v) is 4.88. The summed E-state index contributed by atoms with van der Waals surface area (Å²) in [5.41, 5.74) is 1.09. The van der Waals surface area contributed by atoms with Crippen LogP contribution in [-0.4, -0.2) is 19.3 Å². The second-order valence-electron chi connectivity index (χ2n) is 4.94. The van der Waals surface area contributed by atoms with Crippen LogP contribution in [0.5, 0.6) is 11.5 Å². The van der Waals surface area contributed by atoms with Crippen molar-refractivity contribution in [2.45, 2.75) is 20.0 Å². The first-order chi connectivity index (χ1) is 11.2. The van der Waals surface area contributed by atoms with Gasteiger partial charge >= 0.3 is 0 Å². The maximum Gasteiger partial charge on any atom is 0.231 e. The molecule has 0 fully saturated rings. The average molecular weight is 524 g/mol. The van der Waals surface area contributed by atoms with Gasteiger partial charge in [0.25, 0.3) is 0 Å². The highest BCUT2D eigenvalue weighted by Gasteiger charge is 2.12. The summed E-state index contributed by atoms with van der Waals surface area (Å²) in [6.07, 6.45) is 0. The predicted molar refractivity (Wildman–Crippen MR) is 112 cm³/mol. The monoisotopic (exact) mass is 523 g/mol. The van der Waals surface area contributed by atoms with E-state index in [0.29, 0.717) is 13.3 Å². The second-order valence-corrected chi connectivity index (χ2v) is 7.49. The molecule has 0 amide bonds. The van der Waals surface area contributed by atoms with Gasteiger partial charge in [-0.05, 0) is 52.7 Å². The van der Waals surface area contributed by atoms with Gasteiger partial charge < -0.3 is 20.1 Å². The number of rotatable bonds is 5. The van der Waals surface area contributed by atoms with Gasteiger partial charge in [-0.3, -0.25) is 0 Å². The molecule has 24 heavy (non-hydrogen) atoms. The van der Waals surface area contributed by atoms with Crippen LogP contribution in [-0.2, 0) is 13.1 Å². The Balaban J connectivity index is 0.00000208. The van der Waals surface area contributed by atoms with Crippen LogP contribution in [0.2, 0.25) is 0 Å². The van der Waals surface area contributed by atoms with Gasteiger partial charge in [0.2, 0.25) is 6.79 Å². The van der Waals surface area contributed by atoms with Gasteiger partial charge in [-0.2, -0.15) is 0 Å². The fourth-order valence-electron chi connectivity index (χ4n) is 2.17. The smallest absolute Gasteiger partial charge is 0.231 e. The SMILES string of the molecule is CCNC(=NCc1ccc2c(c1)OCO2)NCc1ccc(Br)s1.I. The van der Waals surface area contributed by atoms with E-state index < -0.39 is 0 Å². The van der Waals surface area contributed by atoms with E-state index in [2.05, 4.69) is 50.6 Å². The van der Waals surface area contributed by atoms with Crippen LogP contribution in [0.15, 0.2) is 39.1 Å². The number of nitrogens with one attached hydrogen (secondary N) is 2. The molecule has 1 aromatic heterocycles. The van der Waals surface area contributed by atoms with Crippen LogP contribution < -0.4 is 20.1 Å². The molecule has 130 valence electrons. The third-order valence-electron chi connectivity index (χ3n) is 3.26. The first-order valence-corrected chi connectivity index (χ1v) is 9.00. The molecule has 2 N–H and O–H groups in total. The van der Waals surface area contributed by atoms with Crippen molar-refractivity contribution in [3.05, 3.63) is 44.6 Å². The summed E-state index contributed by atoms with van der Waals surface area (Å²) in [5.74, 6) is 2.39. The molecule has 1 aliphatic rings. The molecule has 8 heteroatoms. The molecule has 0 saturated heterocycles. The van der Waals surface area contributed by atoms with Crippen molar-refractivity contribution in [1.29, 1.82) is 0 Å². The fraction of sp³-hybridized carbons (Fsp3) is 0.312. The molecule has 0 spiro atoms. The average Bonchev–Trinajstić information content (AvgIpc) is 3.18. The van der Waals surface area contributed by atoms with Crippen LogP contribution in [0.25, 0.3) is 0 Å². The standard InChI is InChI=1S/C16H18BrN3O2S.HI/c1-2-18-16(20-9-12-4-6-15(17)23-12)19-8-11-3-5-13-14(7-11)22-10-21-13;/h3-7H,2,8-10H2,1H3,(H2,18,19,20);1H. The number of nitrogens with zero attached hydrogens (tertiary/aromatic N) is 1. The lowest BCUT2D eigenvalue weighted by Crippen LogP contribution is -2.36. The molecule has 1 aromatic carbocycles. The lowest BCUT2D eigenvalue weighted by Gasteiger charge is -2.10. The summed E-state index contributed by atoms with van der Waals surface area (Å²) >= 11 is 5.20. The van der Waals surface area contributed by atoms with Crippen molar-refractivity contribution >= 4 is 57.2 Å². The lowest BCUT2D eigenvalue weighted by atomic mass is 10.2. The largest absolute Gasteiger partial charge is 0.454 e. The molecule has 5 nitrogen and oxygen atoms in total. The number of aliphatic imine (C=N–C) groups is 1. The second kappa shape index (κ2) is 9.47. The van der Waals surface area contributed by atoms with E-state index in [4.69, 9.17) is 9.47 Å². The van der Waals surface area contributed by atoms with Crippen molar-refractivity contribution in [2.24, 2.45) is 4.99 Å². The first-order valence-electron chi connectivity index (χ1n) is 7.39. The molecule has 0 atom stereocenters. The molecule has 3 rings (SSSR count). The third kappa shape index (κ3) is 5.25. The van der Waals surface area contributed by atoms with Crippen molar-refractivity contribution in [3.8, 4) is 11.5 Å². The molecule has 2 heterocycles. The summed E-state index contributed by atoms with van der Waals surface area (Å²) in [4.78, 5) is 5.88. The summed E-state index contributed by atoms with van der Waals surface area (Å²) < 4.78 is 11.9. The zero-order valence-electron chi connectivity index (χ0n) is 13.2. The summed E-state index contributed by atoms with van der Waals surface area (Å²) in [5, 5.41) is 6.60. The molecule has 0 unspecified atom stereocenters. The summed E-state index contributed by atoms with van der Waals surface area (Å²) in [6.45, 7) is 4.51. The topological polar surface area (TPSA) is 54.9 Å². The van der Waals surface area contributed by atoms with Crippen LogP contribution in [0.4, 0.5) is 0 Å². The maximum absolute atomic E-state index is 5.40. The Morgan fingerprint density at radius 3 is 2.79 bits per heavy atom. The van der Waals surface area contributed by atoms with Crippen molar-refractivity contribution in [3.63, 3.8) is 0 Å². The molecule has 0 saturated carbocycles. The molecule has 0 aliphatic carbocycles. The summed E-state index contributed by atoms with van der Waals surface area (Å²) in [7, 11) is 0. The Hall–Kier alpha value is -1.000. The molecule has 0 bridgehead atoms. The zero-order valence-corrected chi connectivity index (χ0v) is 17.9. The highest BCUT2D eigenvalue weighted by Crippen LogP contribution is 2.32. The minimum Gasteiger partial charge on any atom is -0.454 e. The van der Waals surface area contributed by atoms with Crippen molar-refractivity contribution in [1.82, 2.24) is 10.6 Å². The quantitative estimate of drug-likeness (QED) is 0.352. The van der Waals surface area contributed by atoms with Crippen LogP contribution in [0.3, 0.4) is 0 Å². The van der Waals surface area contributed by atoms with Crippen LogP contribution in [0.1, 0.15) is 17.4 Å². The lowest BCUT2D eigenvalue weighted by molar-refractivity contribution is 0.174. The van der Waals surface area contributed by atoms with Crippen LogP contribution >= 0.6 is 51.2 Å². The highest BCUT2D eigenvalue weighted by molar-refractivity contribution is 14.0. The number of guanidine groups is 1. The van der Waals surface area contributed by atoms with Gasteiger partial charge in [0.1, 0.15) is 0 Å². The Labute approximate surface area is 171 Å². The first kappa shape index (κ1) is 19.3. The predicted octanol–water partition coefficient (Wildman–Crippen LogP) is 4.11. The number of fused-ring (bicyclic) bond motifs is 1. The maximum atomic E-state index is 5.40. The van der Waals surface area contributed by atoms with E-state index in [1.807, 2.05) is 18.2 Å². The molecule has 1 aliphatic heterocycles. The number of thiophene rings is 1. The van der Waals surface area contributed by atoms with Gasteiger partial charge in [0.05, 0.1) is 16.9 Å². The normalized spacial score (nSPS) is 12.7. The minimum atomic E-state index is 0. The van der Waals surface area contributed by atoms with Gasteiger partial charge in [-0.1, -0.05) is 6.07 Å². The van der Waals surface area contributed by atoms with E-state index in [1.54, 1.807) is 11.3 Å². The number of halogens is 2. The van der Waals surface area contributed by atoms with Gasteiger partial charge in [0, 0.05) is 11.4 Å². The highest BCUT2D eigenvalue weighted by atomic mass is 127. The van der Waals surface area contributed by atoms with E-state index in [1.165, 1.54) is 4.88 Å². The summed E-state index contributed by atoms with van der Waals surface area (Å²) in [6, 6.07) is 10.1. The van der Waals surface area contributed by atoms with E-state index in [-0.39, 0.29) is 24.0 Å². The zero-order chi connectivity index (χ0) is 16.1.